The third kappa shape index (κ3) is 3.25. The van der Waals surface area contributed by atoms with Crippen molar-refractivity contribution in [2.45, 2.75) is 13.5 Å². The van der Waals surface area contributed by atoms with Gasteiger partial charge in [0.25, 0.3) is 5.91 Å². The average molecular weight is 270 g/mol. The number of aromatic nitrogens is 1. The Bertz CT molecular complexity index is 665. The Morgan fingerprint density at radius 1 is 1.45 bits per heavy atom. The number of aryl methyl sites for hydroxylation is 1. The number of amides is 1. The summed E-state index contributed by atoms with van der Waals surface area (Å²) in [6, 6.07) is 7.45. The molecule has 0 unspecified atom stereocenters. The summed E-state index contributed by atoms with van der Waals surface area (Å²) in [6.07, 6.45) is 1.39. The van der Waals surface area contributed by atoms with E-state index in [9.17, 15) is 4.79 Å². The Hall–Kier alpha value is -2.58. The van der Waals surface area contributed by atoms with Gasteiger partial charge < -0.3 is 14.9 Å². The quantitative estimate of drug-likeness (QED) is 0.823. The summed E-state index contributed by atoms with van der Waals surface area (Å²) in [7, 11) is 0. The van der Waals surface area contributed by atoms with E-state index in [4.69, 9.17) is 9.63 Å². The number of carbonyl (C=O) groups is 1. The maximum atomic E-state index is 11.9. The van der Waals surface area contributed by atoms with E-state index in [0.29, 0.717) is 17.9 Å². The molecule has 0 bridgehead atoms. The molecule has 0 atom stereocenters. The first-order valence-corrected chi connectivity index (χ1v) is 6.09. The molecule has 0 aliphatic carbocycles. The zero-order chi connectivity index (χ0) is 14.4. The van der Waals surface area contributed by atoms with Crippen molar-refractivity contribution in [3.05, 3.63) is 52.9 Å². The minimum atomic E-state index is -0.242. The van der Waals surface area contributed by atoms with E-state index in [2.05, 4.69) is 22.3 Å². The Morgan fingerprint density at radius 3 is 2.95 bits per heavy atom. The lowest BCUT2D eigenvalue weighted by Gasteiger charge is -2.06. The molecule has 2 aromatic rings. The highest BCUT2D eigenvalue weighted by Crippen LogP contribution is 2.09. The molecular formula is C15H14N2O3. The molecule has 5 heteroatoms. The largest absolute Gasteiger partial charge is 0.384 e. The van der Waals surface area contributed by atoms with Gasteiger partial charge in [0, 0.05) is 12.1 Å². The van der Waals surface area contributed by atoms with Crippen molar-refractivity contribution < 1.29 is 14.4 Å². The smallest absolute Gasteiger partial charge is 0.256 e. The van der Waals surface area contributed by atoms with Gasteiger partial charge in [-0.3, -0.25) is 4.79 Å². The highest BCUT2D eigenvalue weighted by molar-refractivity contribution is 5.94. The molecule has 2 rings (SSSR count). The van der Waals surface area contributed by atoms with Crippen molar-refractivity contribution in [2.75, 3.05) is 6.61 Å². The summed E-state index contributed by atoms with van der Waals surface area (Å²) in [5, 5.41) is 15.1. The van der Waals surface area contributed by atoms with E-state index < -0.39 is 0 Å². The van der Waals surface area contributed by atoms with E-state index in [1.165, 1.54) is 6.20 Å². The van der Waals surface area contributed by atoms with Crippen LogP contribution in [0.3, 0.4) is 0 Å². The predicted octanol–water partition coefficient (Wildman–Crippen LogP) is 1.26. The SMILES string of the molecule is Cc1oncc1C(=O)NCc1ccccc1C#CCO. The molecule has 0 fully saturated rings. The second-order valence-corrected chi connectivity index (χ2v) is 4.10. The van der Waals surface area contributed by atoms with Gasteiger partial charge in [0.05, 0.1) is 6.20 Å². The molecule has 2 N–H and O–H groups in total. The van der Waals surface area contributed by atoms with Gasteiger partial charge in [-0.25, -0.2) is 0 Å². The second-order valence-electron chi connectivity index (χ2n) is 4.10. The molecule has 0 radical (unpaired) electrons. The topological polar surface area (TPSA) is 75.4 Å². The molecule has 102 valence electrons. The lowest BCUT2D eigenvalue weighted by molar-refractivity contribution is 0.0949. The molecule has 1 amide bonds. The van der Waals surface area contributed by atoms with E-state index >= 15 is 0 Å². The fourth-order valence-electron chi connectivity index (χ4n) is 1.72. The first-order chi connectivity index (χ1) is 9.72. The first kappa shape index (κ1) is 13.8. The zero-order valence-corrected chi connectivity index (χ0v) is 11.0. The number of nitrogens with one attached hydrogen (secondary N) is 1. The van der Waals surface area contributed by atoms with Gasteiger partial charge >= 0.3 is 0 Å². The van der Waals surface area contributed by atoms with Gasteiger partial charge in [-0.15, -0.1) is 0 Å². The molecule has 1 heterocycles. The van der Waals surface area contributed by atoms with E-state index in [1.54, 1.807) is 6.92 Å². The summed E-state index contributed by atoms with van der Waals surface area (Å²) in [5.74, 6) is 5.69. The third-order valence-corrected chi connectivity index (χ3v) is 2.75. The lowest BCUT2D eigenvalue weighted by atomic mass is 10.1. The normalized spacial score (nSPS) is 9.70. The van der Waals surface area contributed by atoms with Gasteiger partial charge in [0.1, 0.15) is 17.9 Å². The number of nitrogens with zero attached hydrogens (tertiary/aromatic N) is 1. The second kappa shape index (κ2) is 6.55. The lowest BCUT2D eigenvalue weighted by Crippen LogP contribution is -2.23. The van der Waals surface area contributed by atoms with Crippen LogP contribution in [0.1, 0.15) is 27.2 Å². The van der Waals surface area contributed by atoms with Crippen LogP contribution in [0.25, 0.3) is 0 Å². The predicted molar refractivity (Wildman–Crippen MR) is 72.8 cm³/mol. The minimum Gasteiger partial charge on any atom is -0.384 e. The van der Waals surface area contributed by atoms with Crippen LogP contribution in [-0.2, 0) is 6.54 Å². The van der Waals surface area contributed by atoms with Crippen LogP contribution in [0.15, 0.2) is 35.0 Å². The summed E-state index contributed by atoms with van der Waals surface area (Å²) < 4.78 is 4.85. The molecule has 0 aliphatic rings. The van der Waals surface area contributed by atoms with Crippen LogP contribution in [0, 0.1) is 18.8 Å². The van der Waals surface area contributed by atoms with E-state index in [0.717, 1.165) is 11.1 Å². The number of rotatable bonds is 3. The molecule has 5 nitrogen and oxygen atoms in total. The van der Waals surface area contributed by atoms with E-state index in [1.807, 2.05) is 24.3 Å². The maximum absolute atomic E-state index is 11.9. The summed E-state index contributed by atoms with van der Waals surface area (Å²) in [6.45, 7) is 1.84. The van der Waals surface area contributed by atoms with Crippen LogP contribution in [0.4, 0.5) is 0 Å². The minimum absolute atomic E-state index is 0.194. The average Bonchev–Trinajstić information content (AvgIpc) is 2.89. The molecule has 1 aromatic carbocycles. The number of aliphatic hydroxyl groups is 1. The van der Waals surface area contributed by atoms with Gasteiger partial charge in [0.15, 0.2) is 0 Å². The van der Waals surface area contributed by atoms with Crippen LogP contribution in [-0.4, -0.2) is 22.8 Å². The number of aliphatic hydroxyl groups excluding tert-OH is 1. The summed E-state index contributed by atoms with van der Waals surface area (Å²) >= 11 is 0. The molecule has 0 aliphatic heterocycles. The number of hydrogen-bond acceptors (Lipinski definition) is 4. The van der Waals surface area contributed by atoms with Crippen LogP contribution in [0.5, 0.6) is 0 Å². The van der Waals surface area contributed by atoms with Crippen molar-refractivity contribution in [1.82, 2.24) is 10.5 Å². The standard InChI is InChI=1S/C15H14N2O3/c1-11-14(10-17-20-11)15(19)16-9-13-6-3-2-5-12(13)7-4-8-18/h2-3,5-6,10,18H,8-9H2,1H3,(H,16,19). The fraction of sp³-hybridized carbons (Fsp3) is 0.200. The van der Waals surface area contributed by atoms with Crippen molar-refractivity contribution in [3.8, 4) is 11.8 Å². The van der Waals surface area contributed by atoms with Crippen LogP contribution < -0.4 is 5.32 Å². The van der Waals surface area contributed by atoms with Gasteiger partial charge in [-0.05, 0) is 18.6 Å². The number of benzene rings is 1. The van der Waals surface area contributed by atoms with Crippen molar-refractivity contribution in [1.29, 1.82) is 0 Å². The van der Waals surface area contributed by atoms with Crippen LogP contribution >= 0.6 is 0 Å². The summed E-state index contributed by atoms with van der Waals surface area (Å²) in [4.78, 5) is 11.9. The van der Waals surface area contributed by atoms with Crippen molar-refractivity contribution in [3.63, 3.8) is 0 Å². The third-order valence-electron chi connectivity index (χ3n) is 2.75. The Balaban J connectivity index is 2.08. The number of carbonyl (C=O) groups excluding carboxylic acids is 1. The Labute approximate surface area is 116 Å². The molecule has 20 heavy (non-hydrogen) atoms. The first-order valence-electron chi connectivity index (χ1n) is 6.09. The highest BCUT2D eigenvalue weighted by Gasteiger charge is 2.12. The molecule has 1 aromatic heterocycles. The monoisotopic (exact) mass is 270 g/mol. The van der Waals surface area contributed by atoms with Gasteiger partial charge in [-0.1, -0.05) is 35.2 Å². The zero-order valence-electron chi connectivity index (χ0n) is 11.0. The molecule has 0 saturated heterocycles. The molecule has 0 spiro atoms. The van der Waals surface area contributed by atoms with E-state index in [-0.39, 0.29) is 12.5 Å². The van der Waals surface area contributed by atoms with Crippen LogP contribution in [0.2, 0.25) is 0 Å². The van der Waals surface area contributed by atoms with Crippen molar-refractivity contribution in [2.24, 2.45) is 0 Å². The maximum Gasteiger partial charge on any atom is 0.256 e. The fourth-order valence-corrected chi connectivity index (χ4v) is 1.72. The van der Waals surface area contributed by atoms with Crippen molar-refractivity contribution >= 4 is 5.91 Å². The highest BCUT2D eigenvalue weighted by atomic mass is 16.5. The summed E-state index contributed by atoms with van der Waals surface area (Å²) in [5.41, 5.74) is 2.09. The van der Waals surface area contributed by atoms with Gasteiger partial charge in [0.2, 0.25) is 0 Å². The number of hydrogen-bond donors (Lipinski definition) is 2. The Morgan fingerprint density at radius 2 is 2.25 bits per heavy atom. The molecular weight excluding hydrogens is 256 g/mol. The van der Waals surface area contributed by atoms with Gasteiger partial charge in [-0.2, -0.15) is 0 Å². The molecule has 0 saturated carbocycles. The Kier molecular flexibility index (Phi) is 4.53.